The molecule has 0 heterocycles. The summed E-state index contributed by atoms with van der Waals surface area (Å²) < 4.78 is 0. The van der Waals surface area contributed by atoms with Gasteiger partial charge in [-0.15, -0.1) is 24.0 Å². The Bertz CT molecular complexity index is 401. The minimum Gasteiger partial charge on any atom is -0.356 e. The molecule has 0 aromatic heterocycles. The fraction of sp³-hybridized carbons (Fsp3) is 0.562. The first-order valence-corrected chi connectivity index (χ1v) is 7.31. The maximum atomic E-state index is 4.28. The van der Waals surface area contributed by atoms with Crippen LogP contribution in [0.3, 0.4) is 0 Å². The minimum atomic E-state index is 0. The topological polar surface area (TPSA) is 36.4 Å². The van der Waals surface area contributed by atoms with E-state index in [0.29, 0.717) is 0 Å². The highest BCUT2D eigenvalue weighted by Gasteiger charge is 2.20. The smallest absolute Gasteiger partial charge is 0.191 e. The maximum Gasteiger partial charge on any atom is 0.191 e. The van der Waals surface area contributed by atoms with E-state index in [4.69, 9.17) is 0 Å². The molecule has 1 unspecified atom stereocenters. The summed E-state index contributed by atoms with van der Waals surface area (Å²) in [5.41, 5.74) is 1.28. The summed E-state index contributed by atoms with van der Waals surface area (Å²) >= 11 is 0. The van der Waals surface area contributed by atoms with Crippen LogP contribution in [0.5, 0.6) is 0 Å². The first kappa shape index (κ1) is 17.3. The third-order valence-electron chi connectivity index (χ3n) is 3.65. The first-order chi connectivity index (χ1) is 9.29. The monoisotopic (exact) mass is 387 g/mol. The molecule has 0 bridgehead atoms. The van der Waals surface area contributed by atoms with Crippen molar-refractivity contribution in [3.8, 4) is 0 Å². The molecule has 2 N–H and O–H groups in total. The van der Waals surface area contributed by atoms with E-state index in [-0.39, 0.29) is 30.0 Å². The molecule has 1 aliphatic carbocycles. The van der Waals surface area contributed by atoms with Crippen LogP contribution in [-0.4, -0.2) is 19.6 Å². The van der Waals surface area contributed by atoms with Crippen LogP contribution < -0.4 is 10.6 Å². The van der Waals surface area contributed by atoms with Gasteiger partial charge in [0.15, 0.2) is 5.96 Å². The molecule has 20 heavy (non-hydrogen) atoms. The van der Waals surface area contributed by atoms with Crippen LogP contribution in [0, 0.1) is 5.92 Å². The summed E-state index contributed by atoms with van der Waals surface area (Å²) in [4.78, 5) is 4.28. The van der Waals surface area contributed by atoms with Crippen molar-refractivity contribution in [2.24, 2.45) is 10.9 Å². The number of nitrogens with zero attached hydrogens (tertiary/aromatic N) is 1. The minimum absolute atomic E-state index is 0. The van der Waals surface area contributed by atoms with Crippen LogP contribution >= 0.6 is 24.0 Å². The third-order valence-corrected chi connectivity index (χ3v) is 3.65. The van der Waals surface area contributed by atoms with E-state index < -0.39 is 0 Å². The lowest BCUT2D eigenvalue weighted by Crippen LogP contribution is -2.39. The number of aliphatic imine (C=N–C) groups is 1. The molecule has 1 saturated carbocycles. The second-order valence-electron chi connectivity index (χ2n) is 5.36. The lowest BCUT2D eigenvalue weighted by molar-refractivity contribution is 0.631. The zero-order valence-corrected chi connectivity index (χ0v) is 14.8. The van der Waals surface area contributed by atoms with Gasteiger partial charge in [0.1, 0.15) is 0 Å². The summed E-state index contributed by atoms with van der Waals surface area (Å²) in [6.45, 7) is 3.17. The Hall–Kier alpha value is -0.780. The lowest BCUT2D eigenvalue weighted by Gasteiger charge is -2.18. The molecule has 3 nitrogen and oxygen atoms in total. The van der Waals surface area contributed by atoms with Gasteiger partial charge in [0.2, 0.25) is 0 Å². The van der Waals surface area contributed by atoms with E-state index in [1.165, 1.54) is 31.2 Å². The van der Waals surface area contributed by atoms with E-state index in [2.05, 4.69) is 46.8 Å². The van der Waals surface area contributed by atoms with Crippen LogP contribution in [-0.2, 0) is 0 Å². The highest BCUT2D eigenvalue weighted by molar-refractivity contribution is 14.0. The number of benzene rings is 1. The normalized spacial score (nSPS) is 16.2. The van der Waals surface area contributed by atoms with Gasteiger partial charge < -0.3 is 10.6 Å². The predicted molar refractivity (Wildman–Crippen MR) is 96.7 cm³/mol. The van der Waals surface area contributed by atoms with Crippen molar-refractivity contribution < 1.29 is 0 Å². The summed E-state index contributed by atoms with van der Waals surface area (Å²) in [7, 11) is 1.83. The standard InChI is InChI=1S/C16H25N3.HI/c1-13(15-8-4-3-5-9-15)19-16(17-2)18-12-6-7-14-10-11-14;/h3-5,8-9,13-14H,6-7,10-12H2,1-2H3,(H2,17,18,19);1H. The quantitative estimate of drug-likeness (QED) is 0.338. The molecule has 1 aliphatic rings. The number of hydrogen-bond acceptors (Lipinski definition) is 1. The Morgan fingerprint density at radius 2 is 2.00 bits per heavy atom. The van der Waals surface area contributed by atoms with Crippen LogP contribution in [0.15, 0.2) is 35.3 Å². The Balaban J connectivity index is 0.00000200. The fourth-order valence-electron chi connectivity index (χ4n) is 2.23. The molecule has 0 aliphatic heterocycles. The van der Waals surface area contributed by atoms with Gasteiger partial charge in [0, 0.05) is 13.6 Å². The third kappa shape index (κ3) is 6.11. The molecule has 4 heteroatoms. The van der Waals surface area contributed by atoms with E-state index in [0.717, 1.165) is 18.4 Å². The second-order valence-corrected chi connectivity index (χ2v) is 5.36. The molecule has 1 aromatic carbocycles. The molecule has 0 saturated heterocycles. The molecule has 112 valence electrons. The van der Waals surface area contributed by atoms with Crippen LogP contribution in [0.1, 0.15) is 44.2 Å². The zero-order valence-electron chi connectivity index (χ0n) is 12.4. The van der Waals surface area contributed by atoms with E-state index in [9.17, 15) is 0 Å². The number of halogens is 1. The van der Waals surface area contributed by atoms with Gasteiger partial charge in [-0.2, -0.15) is 0 Å². The highest BCUT2D eigenvalue weighted by Crippen LogP contribution is 2.33. The molecule has 0 radical (unpaired) electrons. The molecule has 0 amide bonds. The predicted octanol–water partition coefficient (Wildman–Crippen LogP) is 3.72. The molecule has 0 spiro atoms. The Labute approximate surface area is 139 Å². The van der Waals surface area contributed by atoms with Gasteiger partial charge in [0.25, 0.3) is 0 Å². The number of guanidine groups is 1. The van der Waals surface area contributed by atoms with Crippen molar-refractivity contribution in [3.63, 3.8) is 0 Å². The van der Waals surface area contributed by atoms with Gasteiger partial charge in [-0.25, -0.2) is 0 Å². The molecular formula is C16H26IN3. The molecule has 1 atom stereocenters. The number of hydrogen-bond donors (Lipinski definition) is 2. The van der Waals surface area contributed by atoms with Crippen LogP contribution in [0.2, 0.25) is 0 Å². The SMILES string of the molecule is CN=C(NCCCC1CC1)NC(C)c1ccccc1.I. The molecular weight excluding hydrogens is 361 g/mol. The van der Waals surface area contributed by atoms with Crippen LogP contribution in [0.25, 0.3) is 0 Å². The van der Waals surface area contributed by atoms with E-state index >= 15 is 0 Å². The van der Waals surface area contributed by atoms with E-state index in [1.807, 2.05) is 13.1 Å². The van der Waals surface area contributed by atoms with Gasteiger partial charge in [-0.3, -0.25) is 4.99 Å². The van der Waals surface area contributed by atoms with Crippen molar-refractivity contribution in [1.29, 1.82) is 0 Å². The maximum absolute atomic E-state index is 4.28. The van der Waals surface area contributed by atoms with Crippen LogP contribution in [0.4, 0.5) is 0 Å². The van der Waals surface area contributed by atoms with Crippen molar-refractivity contribution in [1.82, 2.24) is 10.6 Å². The highest BCUT2D eigenvalue weighted by atomic mass is 127. The fourth-order valence-corrected chi connectivity index (χ4v) is 2.23. The summed E-state index contributed by atoms with van der Waals surface area (Å²) in [5, 5.41) is 6.82. The lowest BCUT2D eigenvalue weighted by atomic mass is 10.1. The van der Waals surface area contributed by atoms with E-state index in [1.54, 1.807) is 0 Å². The average molecular weight is 387 g/mol. The first-order valence-electron chi connectivity index (χ1n) is 7.31. The zero-order chi connectivity index (χ0) is 13.5. The van der Waals surface area contributed by atoms with Crippen molar-refractivity contribution in [2.45, 2.75) is 38.6 Å². The van der Waals surface area contributed by atoms with Gasteiger partial charge in [-0.1, -0.05) is 43.2 Å². The Kier molecular flexibility index (Phi) is 7.95. The molecule has 1 fully saturated rings. The Morgan fingerprint density at radius 1 is 1.30 bits per heavy atom. The molecule has 2 rings (SSSR count). The van der Waals surface area contributed by atoms with Crippen molar-refractivity contribution >= 4 is 29.9 Å². The summed E-state index contributed by atoms with van der Waals surface area (Å²) in [6.07, 6.45) is 5.49. The number of nitrogens with one attached hydrogen (secondary N) is 2. The van der Waals surface area contributed by atoms with Gasteiger partial charge in [-0.05, 0) is 31.2 Å². The largest absolute Gasteiger partial charge is 0.356 e. The summed E-state index contributed by atoms with van der Waals surface area (Å²) in [6, 6.07) is 10.7. The number of rotatable bonds is 6. The second kappa shape index (κ2) is 9.21. The average Bonchev–Trinajstić information content (AvgIpc) is 3.27. The van der Waals surface area contributed by atoms with Crippen molar-refractivity contribution in [2.75, 3.05) is 13.6 Å². The van der Waals surface area contributed by atoms with Gasteiger partial charge in [0.05, 0.1) is 6.04 Å². The molecule has 1 aromatic rings. The Morgan fingerprint density at radius 3 is 2.60 bits per heavy atom. The summed E-state index contributed by atoms with van der Waals surface area (Å²) in [5.74, 6) is 1.91. The van der Waals surface area contributed by atoms with Crippen molar-refractivity contribution in [3.05, 3.63) is 35.9 Å². The van der Waals surface area contributed by atoms with Gasteiger partial charge >= 0.3 is 0 Å².